The number of nitro groups is 1. The molecule has 0 radical (unpaired) electrons. The number of carbonyl (C=O) groups is 1. The average molecular weight is 238 g/mol. The van der Waals surface area contributed by atoms with Crippen molar-refractivity contribution in [1.82, 2.24) is 4.90 Å². The molecule has 6 heteroatoms. The van der Waals surface area contributed by atoms with Crippen LogP contribution in [0, 0.1) is 15.9 Å². The summed E-state index contributed by atoms with van der Waals surface area (Å²) in [6.07, 6.45) is 2.77. The number of hydrogen-bond donors (Lipinski definition) is 0. The van der Waals surface area contributed by atoms with Gasteiger partial charge in [0, 0.05) is 38.0 Å². The van der Waals surface area contributed by atoms with Crippen molar-refractivity contribution in [3.63, 3.8) is 0 Å². The molecular weight excluding hydrogens is 227 g/mol. The van der Waals surface area contributed by atoms with Gasteiger partial charge in [0.2, 0.25) is 5.82 Å². The van der Waals surface area contributed by atoms with E-state index in [9.17, 15) is 19.3 Å². The smallest absolute Gasteiger partial charge is 0.305 e. The molecule has 0 amide bonds. The fraction of sp³-hybridized carbons (Fsp3) is 0.182. The summed E-state index contributed by atoms with van der Waals surface area (Å²) in [5.74, 6) is -1.37. The Bertz CT molecular complexity index is 484. The first-order valence-electron chi connectivity index (χ1n) is 4.74. The lowest BCUT2D eigenvalue weighted by atomic mass is 10.1. The minimum Gasteiger partial charge on any atom is -0.383 e. The molecule has 90 valence electrons. The Morgan fingerprint density at radius 3 is 2.65 bits per heavy atom. The monoisotopic (exact) mass is 238 g/mol. The fourth-order valence-corrected chi connectivity index (χ4v) is 1.12. The zero-order valence-corrected chi connectivity index (χ0v) is 9.38. The van der Waals surface area contributed by atoms with Crippen LogP contribution < -0.4 is 0 Å². The number of carbonyl (C=O) groups excluding carboxylic acids is 1. The highest BCUT2D eigenvalue weighted by molar-refractivity contribution is 6.04. The number of halogens is 1. The molecule has 0 saturated heterocycles. The zero-order valence-electron chi connectivity index (χ0n) is 9.38. The highest BCUT2D eigenvalue weighted by Gasteiger charge is 2.16. The highest BCUT2D eigenvalue weighted by Crippen LogP contribution is 2.18. The molecule has 0 N–H and O–H groups in total. The van der Waals surface area contributed by atoms with Crippen LogP contribution in [0.4, 0.5) is 10.1 Å². The second-order valence-corrected chi connectivity index (χ2v) is 3.57. The average Bonchev–Trinajstić information content (AvgIpc) is 2.26. The van der Waals surface area contributed by atoms with Gasteiger partial charge in [0.15, 0.2) is 5.78 Å². The molecule has 0 bridgehead atoms. The van der Waals surface area contributed by atoms with Gasteiger partial charge in [-0.2, -0.15) is 4.39 Å². The number of nitrogens with zero attached hydrogens (tertiary/aromatic N) is 2. The number of nitro benzene ring substituents is 1. The van der Waals surface area contributed by atoms with Crippen molar-refractivity contribution in [3.8, 4) is 0 Å². The molecule has 0 saturated carbocycles. The van der Waals surface area contributed by atoms with Gasteiger partial charge in [-0.1, -0.05) is 0 Å². The zero-order chi connectivity index (χ0) is 13.0. The predicted molar refractivity (Wildman–Crippen MR) is 60.2 cm³/mol. The van der Waals surface area contributed by atoms with Gasteiger partial charge in [-0.15, -0.1) is 0 Å². The van der Waals surface area contributed by atoms with Crippen LogP contribution in [0.15, 0.2) is 30.5 Å². The predicted octanol–water partition coefficient (Wildman–Crippen LogP) is 1.99. The van der Waals surface area contributed by atoms with Gasteiger partial charge in [-0.3, -0.25) is 14.9 Å². The molecular formula is C11H11FN2O3. The molecule has 1 aromatic rings. The maximum atomic E-state index is 13.0. The third-order valence-electron chi connectivity index (χ3n) is 1.95. The lowest BCUT2D eigenvalue weighted by Crippen LogP contribution is -2.04. The van der Waals surface area contributed by atoms with Gasteiger partial charge in [-0.05, 0) is 12.1 Å². The Hall–Kier alpha value is -2.24. The largest absolute Gasteiger partial charge is 0.383 e. The molecule has 0 spiro atoms. The van der Waals surface area contributed by atoms with Crippen molar-refractivity contribution in [2.45, 2.75) is 0 Å². The molecule has 0 atom stereocenters. The Kier molecular flexibility index (Phi) is 3.92. The molecule has 0 aromatic heterocycles. The Labute approximate surface area is 97.3 Å². The summed E-state index contributed by atoms with van der Waals surface area (Å²) < 4.78 is 13.0. The van der Waals surface area contributed by atoms with Crippen molar-refractivity contribution in [2.24, 2.45) is 0 Å². The van der Waals surface area contributed by atoms with Crippen molar-refractivity contribution in [3.05, 3.63) is 52.0 Å². The number of benzene rings is 1. The van der Waals surface area contributed by atoms with Gasteiger partial charge in [-0.25, -0.2) is 0 Å². The molecule has 5 nitrogen and oxygen atoms in total. The number of rotatable bonds is 4. The van der Waals surface area contributed by atoms with Crippen LogP contribution >= 0.6 is 0 Å². The van der Waals surface area contributed by atoms with E-state index in [4.69, 9.17) is 0 Å². The van der Waals surface area contributed by atoms with E-state index >= 15 is 0 Å². The lowest BCUT2D eigenvalue weighted by molar-refractivity contribution is -0.387. The quantitative estimate of drug-likeness (QED) is 0.348. The summed E-state index contributed by atoms with van der Waals surface area (Å²) in [6, 6.07) is 3.05. The lowest BCUT2D eigenvalue weighted by Gasteiger charge is -2.02. The summed E-state index contributed by atoms with van der Waals surface area (Å²) in [5, 5.41) is 10.5. The molecule has 0 heterocycles. The number of ketones is 1. The third kappa shape index (κ3) is 3.37. The van der Waals surface area contributed by atoms with Gasteiger partial charge < -0.3 is 4.90 Å². The van der Waals surface area contributed by atoms with Crippen molar-refractivity contribution >= 4 is 11.5 Å². The van der Waals surface area contributed by atoms with Crippen molar-refractivity contribution in [2.75, 3.05) is 14.1 Å². The van der Waals surface area contributed by atoms with E-state index in [0.29, 0.717) is 0 Å². The van der Waals surface area contributed by atoms with Gasteiger partial charge in [0.05, 0.1) is 4.92 Å². The first-order valence-corrected chi connectivity index (χ1v) is 4.74. The van der Waals surface area contributed by atoms with E-state index in [1.807, 2.05) is 0 Å². The van der Waals surface area contributed by atoms with E-state index in [1.165, 1.54) is 18.3 Å². The molecule has 0 aliphatic rings. The number of allylic oxidation sites excluding steroid dienone is 1. The molecule has 17 heavy (non-hydrogen) atoms. The topological polar surface area (TPSA) is 63.5 Å². The van der Waals surface area contributed by atoms with Gasteiger partial charge >= 0.3 is 5.69 Å². The van der Waals surface area contributed by atoms with E-state index in [-0.39, 0.29) is 5.56 Å². The molecule has 0 fully saturated rings. The summed E-state index contributed by atoms with van der Waals surface area (Å²) in [6.45, 7) is 0. The van der Waals surface area contributed by atoms with Crippen molar-refractivity contribution < 1.29 is 14.1 Å². The molecule has 0 aliphatic heterocycles. The second kappa shape index (κ2) is 5.20. The molecule has 1 rings (SSSR count). The Balaban J connectivity index is 3.04. The normalized spacial score (nSPS) is 10.5. The summed E-state index contributed by atoms with van der Waals surface area (Å²) in [4.78, 5) is 22.9. The first kappa shape index (κ1) is 12.8. The van der Waals surface area contributed by atoms with Crippen LogP contribution in [0.1, 0.15) is 10.4 Å². The Morgan fingerprint density at radius 2 is 2.12 bits per heavy atom. The van der Waals surface area contributed by atoms with Crippen LogP contribution in [0.5, 0.6) is 0 Å². The number of hydrogen-bond acceptors (Lipinski definition) is 4. The van der Waals surface area contributed by atoms with E-state index < -0.39 is 22.2 Å². The SMILES string of the molecule is CN(C)C=CC(=O)c1ccc(F)c([N+](=O)[O-])c1. The highest BCUT2D eigenvalue weighted by atomic mass is 19.1. The summed E-state index contributed by atoms with van der Waals surface area (Å²) in [5.41, 5.74) is -0.620. The summed E-state index contributed by atoms with van der Waals surface area (Å²) >= 11 is 0. The second-order valence-electron chi connectivity index (χ2n) is 3.57. The third-order valence-corrected chi connectivity index (χ3v) is 1.95. The van der Waals surface area contributed by atoms with Crippen LogP contribution in [-0.2, 0) is 0 Å². The molecule has 0 aliphatic carbocycles. The minimum absolute atomic E-state index is 0.0798. The standard InChI is InChI=1S/C11H11FN2O3/c1-13(2)6-5-11(15)8-3-4-9(12)10(7-8)14(16)17/h3-7H,1-2H3. The Morgan fingerprint density at radius 1 is 1.47 bits per heavy atom. The van der Waals surface area contributed by atoms with E-state index in [1.54, 1.807) is 19.0 Å². The fourth-order valence-electron chi connectivity index (χ4n) is 1.12. The maximum Gasteiger partial charge on any atom is 0.305 e. The maximum absolute atomic E-state index is 13.0. The van der Waals surface area contributed by atoms with Crippen LogP contribution in [-0.4, -0.2) is 29.7 Å². The van der Waals surface area contributed by atoms with E-state index in [2.05, 4.69) is 0 Å². The molecule has 0 unspecified atom stereocenters. The molecule has 1 aromatic carbocycles. The van der Waals surface area contributed by atoms with Crippen LogP contribution in [0.2, 0.25) is 0 Å². The van der Waals surface area contributed by atoms with Gasteiger partial charge in [0.1, 0.15) is 0 Å². The first-order chi connectivity index (χ1) is 7.91. The van der Waals surface area contributed by atoms with Crippen LogP contribution in [0.25, 0.3) is 0 Å². The van der Waals surface area contributed by atoms with Crippen molar-refractivity contribution in [1.29, 1.82) is 0 Å². The minimum atomic E-state index is -0.955. The van der Waals surface area contributed by atoms with Crippen LogP contribution in [0.3, 0.4) is 0 Å². The summed E-state index contributed by atoms with van der Waals surface area (Å²) in [7, 11) is 3.47. The van der Waals surface area contributed by atoms with E-state index in [0.717, 1.165) is 12.1 Å². The van der Waals surface area contributed by atoms with Gasteiger partial charge in [0.25, 0.3) is 0 Å².